The number of fused-ring (bicyclic) bond motifs is 3. The Labute approximate surface area is 308 Å². The molecule has 0 amide bonds. The average molecular weight is 682 g/mol. The van der Waals surface area contributed by atoms with Gasteiger partial charge < -0.3 is 4.90 Å². The minimum Gasteiger partial charge on any atom is -0.365 e. The largest absolute Gasteiger partial charge is 0.365 e. The summed E-state index contributed by atoms with van der Waals surface area (Å²) in [5.74, 6) is 0. The molecule has 1 aromatic heterocycles. The Kier molecular flexibility index (Phi) is 11.2. The van der Waals surface area contributed by atoms with Gasteiger partial charge in [0.2, 0.25) is 0 Å². The molecule has 1 unspecified atom stereocenters. The van der Waals surface area contributed by atoms with Crippen molar-refractivity contribution in [1.82, 2.24) is 0 Å². The second-order valence-corrected chi connectivity index (χ2v) is 14.6. The van der Waals surface area contributed by atoms with Gasteiger partial charge in [-0.2, -0.15) is 0 Å². The molecule has 0 bridgehead atoms. The summed E-state index contributed by atoms with van der Waals surface area (Å²) in [5, 5.41) is 2.67. The first-order chi connectivity index (χ1) is 25.2. The van der Waals surface area contributed by atoms with Crippen molar-refractivity contribution >= 4 is 48.3 Å². The molecule has 5 aromatic carbocycles. The number of nitrogens with zero attached hydrogens (tertiary/aromatic N) is 1. The molecule has 1 aliphatic rings. The third-order valence-corrected chi connectivity index (χ3v) is 11.2. The van der Waals surface area contributed by atoms with Crippen molar-refractivity contribution in [2.45, 2.75) is 51.5 Å². The van der Waals surface area contributed by atoms with E-state index in [1.54, 1.807) is 0 Å². The van der Waals surface area contributed by atoms with Crippen LogP contribution in [-0.2, 0) is 0 Å². The predicted molar refractivity (Wildman–Crippen MR) is 226 cm³/mol. The Morgan fingerprint density at radius 2 is 1.49 bits per heavy atom. The van der Waals surface area contributed by atoms with Crippen LogP contribution in [0.5, 0.6) is 0 Å². The smallest absolute Gasteiger partial charge is 0.0481 e. The van der Waals surface area contributed by atoms with Gasteiger partial charge in [0.1, 0.15) is 0 Å². The summed E-state index contributed by atoms with van der Waals surface area (Å²) in [7, 11) is 0. The lowest BCUT2D eigenvalue weighted by atomic mass is 9.96. The van der Waals surface area contributed by atoms with Crippen LogP contribution in [0.25, 0.3) is 42.4 Å². The highest BCUT2D eigenvalue weighted by Gasteiger charge is 2.19. The molecule has 0 spiro atoms. The standard InChI is InChI=1S/C49H47NS/c1-3-39(43-29-33-49-47(36-43)46-24-13-14-25-48(46)51-49)19-15-16-34-50(44-31-27-42(28-32-44)41-22-11-6-12-23-41)45(30-26-38-17-7-4-8-18-38)35-37(2)40-20-9-5-10-21-40/h3,5-7,9-14,17-25,27-29,31-33,35-36,45H,1,4,8,15-16,26,30,34H2,2H3/b37-35+,39-19+. The molecule has 0 radical (unpaired) electrons. The molecule has 0 saturated heterocycles. The van der Waals surface area contributed by atoms with E-state index in [1.165, 1.54) is 64.8 Å². The lowest BCUT2D eigenvalue weighted by molar-refractivity contribution is 0.618. The fraction of sp³-hybridized carbons (Fsp3) is 0.184. The predicted octanol–water partition coefficient (Wildman–Crippen LogP) is 14.1. The van der Waals surface area contributed by atoms with Crippen molar-refractivity contribution in [2.75, 3.05) is 11.4 Å². The Balaban J connectivity index is 1.17. The Bertz CT molecular complexity index is 2200. The molecule has 7 rings (SSSR count). The van der Waals surface area contributed by atoms with Crippen molar-refractivity contribution in [3.63, 3.8) is 0 Å². The molecule has 6 aromatic rings. The average Bonchev–Trinajstić information content (AvgIpc) is 3.57. The monoisotopic (exact) mass is 681 g/mol. The highest BCUT2D eigenvalue weighted by Crippen LogP contribution is 2.36. The third-order valence-electron chi connectivity index (χ3n) is 10.1. The summed E-state index contributed by atoms with van der Waals surface area (Å²) < 4.78 is 2.68. The first-order valence-electron chi connectivity index (χ1n) is 18.4. The number of hydrogen-bond donors (Lipinski definition) is 0. The molecule has 2 heteroatoms. The maximum Gasteiger partial charge on any atom is 0.0481 e. The van der Waals surface area contributed by atoms with Crippen LogP contribution in [0.3, 0.4) is 0 Å². The summed E-state index contributed by atoms with van der Waals surface area (Å²) in [5.41, 5.74) is 10.3. The van der Waals surface area contributed by atoms with E-state index < -0.39 is 0 Å². The number of allylic oxidation sites excluding steroid dienone is 8. The van der Waals surface area contributed by atoms with Crippen LogP contribution >= 0.6 is 11.3 Å². The van der Waals surface area contributed by atoms with Gasteiger partial charge in [-0.05, 0) is 109 Å². The van der Waals surface area contributed by atoms with Gasteiger partial charge in [-0.25, -0.2) is 0 Å². The molecular formula is C49H47NS. The number of thiophene rings is 1. The summed E-state index contributed by atoms with van der Waals surface area (Å²) in [4.78, 5) is 2.65. The zero-order valence-electron chi connectivity index (χ0n) is 29.7. The summed E-state index contributed by atoms with van der Waals surface area (Å²) >= 11 is 1.87. The zero-order valence-corrected chi connectivity index (χ0v) is 30.5. The van der Waals surface area contributed by atoms with Crippen LogP contribution in [0, 0.1) is 0 Å². The van der Waals surface area contributed by atoms with Gasteiger partial charge in [0, 0.05) is 38.4 Å². The highest BCUT2D eigenvalue weighted by molar-refractivity contribution is 7.25. The molecule has 254 valence electrons. The normalized spacial score (nSPS) is 14.1. The lowest BCUT2D eigenvalue weighted by Gasteiger charge is -2.33. The second kappa shape index (κ2) is 16.7. The SMILES string of the molecule is C=C/C(=C\CCCN(c1ccc(-c2ccccc2)cc1)C(/C=C(\C)c1ccccc1)CCC1=CCCC=C1)c1ccc2sc3ccccc3c2c1. The molecule has 0 saturated carbocycles. The van der Waals surface area contributed by atoms with E-state index in [1.807, 2.05) is 17.4 Å². The van der Waals surface area contributed by atoms with Crippen molar-refractivity contribution in [3.05, 3.63) is 187 Å². The Morgan fingerprint density at radius 1 is 0.765 bits per heavy atom. The molecule has 0 aliphatic heterocycles. The van der Waals surface area contributed by atoms with Gasteiger partial charge in [-0.3, -0.25) is 0 Å². The minimum atomic E-state index is 0.251. The number of benzene rings is 5. The molecule has 1 aliphatic carbocycles. The Hall–Kier alpha value is -5.18. The topological polar surface area (TPSA) is 3.24 Å². The molecule has 1 nitrogen and oxygen atoms in total. The molecule has 0 fully saturated rings. The molecule has 1 atom stereocenters. The van der Waals surface area contributed by atoms with Crippen LogP contribution in [0.2, 0.25) is 0 Å². The van der Waals surface area contributed by atoms with Crippen LogP contribution < -0.4 is 4.90 Å². The van der Waals surface area contributed by atoms with Gasteiger partial charge in [0.25, 0.3) is 0 Å². The van der Waals surface area contributed by atoms with E-state index >= 15 is 0 Å². The van der Waals surface area contributed by atoms with Gasteiger partial charge in [0.15, 0.2) is 0 Å². The van der Waals surface area contributed by atoms with E-state index in [0.29, 0.717) is 0 Å². The molecule has 51 heavy (non-hydrogen) atoms. The fourth-order valence-electron chi connectivity index (χ4n) is 7.29. The van der Waals surface area contributed by atoms with E-state index in [9.17, 15) is 0 Å². The molecular weight excluding hydrogens is 635 g/mol. The first-order valence-corrected chi connectivity index (χ1v) is 19.2. The molecule has 0 N–H and O–H groups in total. The quantitative estimate of drug-likeness (QED) is 0.0817. The van der Waals surface area contributed by atoms with Crippen LogP contribution in [0.15, 0.2) is 176 Å². The van der Waals surface area contributed by atoms with Gasteiger partial charge >= 0.3 is 0 Å². The summed E-state index contributed by atoms with van der Waals surface area (Å²) in [6.45, 7) is 7.45. The highest BCUT2D eigenvalue weighted by atomic mass is 32.1. The minimum absolute atomic E-state index is 0.251. The Morgan fingerprint density at radius 3 is 2.25 bits per heavy atom. The fourth-order valence-corrected chi connectivity index (χ4v) is 8.38. The number of rotatable bonds is 14. The van der Waals surface area contributed by atoms with Crippen LogP contribution in [0.4, 0.5) is 5.69 Å². The first kappa shape index (κ1) is 34.3. The van der Waals surface area contributed by atoms with Crippen molar-refractivity contribution in [2.24, 2.45) is 0 Å². The van der Waals surface area contributed by atoms with E-state index in [4.69, 9.17) is 0 Å². The van der Waals surface area contributed by atoms with Gasteiger partial charge in [-0.1, -0.05) is 146 Å². The number of hydrogen-bond acceptors (Lipinski definition) is 2. The van der Waals surface area contributed by atoms with Crippen molar-refractivity contribution in [1.29, 1.82) is 0 Å². The lowest BCUT2D eigenvalue weighted by Crippen LogP contribution is -2.35. The number of unbranched alkanes of at least 4 members (excludes halogenated alkanes) is 1. The van der Waals surface area contributed by atoms with E-state index in [2.05, 4.69) is 176 Å². The van der Waals surface area contributed by atoms with E-state index in [0.717, 1.165) is 45.1 Å². The zero-order chi connectivity index (χ0) is 34.8. The van der Waals surface area contributed by atoms with Crippen LogP contribution in [0.1, 0.15) is 56.6 Å². The maximum atomic E-state index is 4.23. The van der Waals surface area contributed by atoms with Gasteiger partial charge in [-0.15, -0.1) is 11.3 Å². The number of anilines is 1. The maximum absolute atomic E-state index is 4.23. The molecule has 1 heterocycles. The van der Waals surface area contributed by atoms with E-state index in [-0.39, 0.29) is 6.04 Å². The third kappa shape index (κ3) is 8.42. The van der Waals surface area contributed by atoms with Gasteiger partial charge in [0.05, 0.1) is 0 Å². The van der Waals surface area contributed by atoms with Crippen molar-refractivity contribution < 1.29 is 0 Å². The summed E-state index contributed by atoms with van der Waals surface area (Å²) in [6, 6.07) is 46.6. The summed E-state index contributed by atoms with van der Waals surface area (Å²) in [6.07, 6.45) is 20.5. The second-order valence-electron chi connectivity index (χ2n) is 13.5. The van der Waals surface area contributed by atoms with Crippen molar-refractivity contribution in [3.8, 4) is 11.1 Å². The van der Waals surface area contributed by atoms with Crippen LogP contribution in [-0.4, -0.2) is 12.6 Å².